The summed E-state index contributed by atoms with van der Waals surface area (Å²) in [5, 5.41) is 15.1. The predicted octanol–water partition coefficient (Wildman–Crippen LogP) is 3.74. The first-order valence-electron chi connectivity index (χ1n) is 12.6. The number of hydrogen-bond acceptors (Lipinski definition) is 10. The number of methoxy groups -OCH3 is 1. The average Bonchev–Trinajstić information content (AvgIpc) is 2.99. The minimum absolute atomic E-state index is 0.162. The van der Waals surface area contributed by atoms with Gasteiger partial charge in [-0.25, -0.2) is 9.38 Å². The molecular weight excluding hydrogens is 551 g/mol. The van der Waals surface area contributed by atoms with Crippen LogP contribution in [-0.4, -0.2) is 73.6 Å². The Morgan fingerprint density at radius 1 is 1.34 bits per heavy atom. The number of hydrogen-bond donors (Lipinski definition) is 2. The third-order valence-electron chi connectivity index (χ3n) is 5.89. The Labute approximate surface area is 240 Å². The number of nitrogens with one attached hydrogen (secondary N) is 2. The van der Waals surface area contributed by atoms with Crippen LogP contribution in [0.15, 0.2) is 80.9 Å². The van der Waals surface area contributed by atoms with Crippen LogP contribution in [-0.2, 0) is 9.47 Å². The molecule has 2 heterocycles. The third kappa shape index (κ3) is 7.91. The summed E-state index contributed by atoms with van der Waals surface area (Å²) in [4.78, 5) is 33.8. The molecule has 0 saturated heterocycles. The van der Waals surface area contributed by atoms with Crippen molar-refractivity contribution in [1.29, 1.82) is 5.26 Å². The number of anilines is 1. The van der Waals surface area contributed by atoms with E-state index in [2.05, 4.69) is 35.6 Å². The Morgan fingerprint density at radius 3 is 3.05 bits per heavy atom. The molecule has 2 atom stereocenters. The van der Waals surface area contributed by atoms with Gasteiger partial charge in [0.1, 0.15) is 17.8 Å². The summed E-state index contributed by atoms with van der Waals surface area (Å²) in [6, 6.07) is 5.79. The van der Waals surface area contributed by atoms with Crippen molar-refractivity contribution in [2.24, 2.45) is 20.0 Å². The van der Waals surface area contributed by atoms with Crippen LogP contribution in [0.25, 0.3) is 0 Å². The van der Waals surface area contributed by atoms with Crippen LogP contribution in [0.1, 0.15) is 22.3 Å². The number of rotatable bonds is 10. The molecule has 4 rings (SSSR count). The summed E-state index contributed by atoms with van der Waals surface area (Å²) in [6.45, 7) is 0.953. The van der Waals surface area contributed by atoms with Gasteiger partial charge in [-0.2, -0.15) is 10.3 Å². The lowest BCUT2D eigenvalue weighted by atomic mass is 10.1. The fourth-order valence-corrected chi connectivity index (χ4v) is 4.00. The number of allylic oxidation sites excluding steroid dienone is 2. The molecule has 1 aliphatic carbocycles. The molecule has 11 nitrogen and oxygen atoms in total. The van der Waals surface area contributed by atoms with Crippen LogP contribution >= 0.6 is 11.6 Å². The minimum atomic E-state index is -0.535. The van der Waals surface area contributed by atoms with Gasteiger partial charge in [-0.3, -0.25) is 19.8 Å². The molecule has 2 aliphatic rings. The number of pyridine rings is 1. The fraction of sp³-hybridized carbons (Fsp3) is 0.250. The van der Waals surface area contributed by atoms with Gasteiger partial charge in [0.15, 0.2) is 18.3 Å². The van der Waals surface area contributed by atoms with Crippen LogP contribution < -0.4 is 10.6 Å². The van der Waals surface area contributed by atoms with Gasteiger partial charge in [-0.05, 0) is 42.8 Å². The highest BCUT2D eigenvalue weighted by atomic mass is 35.5. The third-order valence-corrected chi connectivity index (χ3v) is 6.12. The zero-order valence-electron chi connectivity index (χ0n) is 22.0. The Kier molecular flexibility index (Phi) is 10.4. The largest absolute Gasteiger partial charge is 0.470 e. The number of amidine groups is 2. The minimum Gasteiger partial charge on any atom is -0.470 e. The van der Waals surface area contributed by atoms with Crippen LogP contribution in [0.5, 0.6) is 0 Å². The molecular formula is C28H26ClFN8O3. The molecule has 2 N–H and O–H groups in total. The molecule has 1 amide bonds. The average molecular weight is 577 g/mol. The summed E-state index contributed by atoms with van der Waals surface area (Å²) in [5.74, 6) is -0.335. The van der Waals surface area contributed by atoms with Crippen molar-refractivity contribution in [3.05, 3.63) is 82.9 Å². The Morgan fingerprint density at radius 2 is 2.22 bits per heavy atom. The van der Waals surface area contributed by atoms with Crippen molar-refractivity contribution in [3.8, 4) is 6.19 Å². The van der Waals surface area contributed by atoms with E-state index in [1.54, 1.807) is 36.6 Å². The second kappa shape index (κ2) is 14.6. The van der Waals surface area contributed by atoms with Crippen molar-refractivity contribution in [2.45, 2.75) is 18.6 Å². The van der Waals surface area contributed by atoms with Crippen LogP contribution in [0.3, 0.4) is 0 Å². The maximum absolute atomic E-state index is 14.4. The molecule has 41 heavy (non-hydrogen) atoms. The number of amides is 1. The first-order valence-corrected chi connectivity index (χ1v) is 12.9. The predicted molar refractivity (Wildman–Crippen MR) is 155 cm³/mol. The molecule has 13 heteroatoms. The van der Waals surface area contributed by atoms with Gasteiger partial charge >= 0.3 is 0 Å². The lowest BCUT2D eigenvalue weighted by Crippen LogP contribution is -2.37. The Hall–Kier alpha value is -4.73. The zero-order chi connectivity index (χ0) is 29.0. The van der Waals surface area contributed by atoms with Gasteiger partial charge in [-0.15, -0.1) is 0 Å². The van der Waals surface area contributed by atoms with E-state index in [9.17, 15) is 9.18 Å². The van der Waals surface area contributed by atoms with Gasteiger partial charge in [-0.1, -0.05) is 23.8 Å². The number of nitrogens with zero attached hydrogens (tertiary/aromatic N) is 6. The van der Waals surface area contributed by atoms with E-state index in [1.165, 1.54) is 44.1 Å². The zero-order valence-corrected chi connectivity index (χ0v) is 22.8. The van der Waals surface area contributed by atoms with E-state index in [0.29, 0.717) is 41.8 Å². The highest BCUT2D eigenvalue weighted by molar-refractivity contribution is 6.31. The van der Waals surface area contributed by atoms with Crippen molar-refractivity contribution >= 4 is 47.0 Å². The monoisotopic (exact) mass is 576 g/mol. The van der Waals surface area contributed by atoms with Crippen molar-refractivity contribution in [3.63, 3.8) is 0 Å². The molecule has 0 bridgehead atoms. The SMILES string of the molecule is COC1CN=C(c2cc(Cl)ccc2F)N=C1Nc1ccncc1C(=O)NCCCN=COC1C=CC=CC1=NC#N. The summed E-state index contributed by atoms with van der Waals surface area (Å²) in [5.41, 5.74) is 1.39. The molecule has 2 aromatic rings. The van der Waals surface area contributed by atoms with E-state index in [4.69, 9.17) is 26.3 Å². The summed E-state index contributed by atoms with van der Waals surface area (Å²) in [6.07, 6.45) is 12.6. The molecule has 0 saturated carbocycles. The smallest absolute Gasteiger partial charge is 0.254 e. The van der Waals surface area contributed by atoms with Gasteiger partial charge in [0.05, 0.1) is 29.1 Å². The maximum atomic E-state index is 14.4. The lowest BCUT2D eigenvalue weighted by molar-refractivity contribution is 0.0954. The van der Waals surface area contributed by atoms with Crippen molar-refractivity contribution in [1.82, 2.24) is 10.3 Å². The maximum Gasteiger partial charge on any atom is 0.254 e. The number of aliphatic imine (C=N–C) groups is 4. The molecule has 0 radical (unpaired) electrons. The van der Waals surface area contributed by atoms with Gasteiger partial charge < -0.3 is 20.1 Å². The Balaban J connectivity index is 1.34. The van der Waals surface area contributed by atoms with Gasteiger partial charge in [0.25, 0.3) is 5.91 Å². The standard InChI is InChI=1S/C28H26ClFN8O3/c1-40-25-15-35-26(19-13-18(29)7-8-21(19)30)38-27(25)37-22-9-12-32-14-20(22)28(39)34-11-4-10-33-17-41-24-6-3-2-5-23(24)36-16-31/h2-3,5-9,12-14,17,24-25H,4,10-11,15H2,1H3,(H,34,39)(H,32,35,37,38). The highest BCUT2D eigenvalue weighted by Gasteiger charge is 2.24. The molecule has 1 aromatic carbocycles. The number of halogens is 2. The molecule has 1 aromatic heterocycles. The number of aromatic nitrogens is 1. The van der Waals surface area contributed by atoms with E-state index in [1.807, 2.05) is 0 Å². The van der Waals surface area contributed by atoms with E-state index in [0.717, 1.165) is 0 Å². The molecule has 0 fully saturated rings. The van der Waals surface area contributed by atoms with E-state index >= 15 is 0 Å². The number of carbonyl (C=O) groups is 1. The van der Waals surface area contributed by atoms with E-state index in [-0.39, 0.29) is 29.4 Å². The lowest BCUT2D eigenvalue weighted by Gasteiger charge is -2.23. The summed E-state index contributed by atoms with van der Waals surface area (Å²) in [7, 11) is 1.51. The second-order valence-corrected chi connectivity index (χ2v) is 9.05. The summed E-state index contributed by atoms with van der Waals surface area (Å²) >= 11 is 6.04. The normalized spacial score (nSPS) is 19.0. The number of benzene rings is 1. The summed E-state index contributed by atoms with van der Waals surface area (Å²) < 4.78 is 25.5. The second-order valence-electron chi connectivity index (χ2n) is 8.61. The Bertz CT molecular complexity index is 1500. The number of nitriles is 1. The highest BCUT2D eigenvalue weighted by Crippen LogP contribution is 2.21. The van der Waals surface area contributed by atoms with Crippen LogP contribution in [0, 0.1) is 17.3 Å². The first kappa shape index (κ1) is 29.3. The number of ether oxygens (including phenoxy) is 2. The molecule has 2 unspecified atom stereocenters. The molecule has 210 valence electrons. The van der Waals surface area contributed by atoms with Crippen LogP contribution in [0.2, 0.25) is 5.02 Å². The first-order chi connectivity index (χ1) is 20.0. The van der Waals surface area contributed by atoms with Gasteiger partial charge in [0, 0.05) is 37.6 Å². The van der Waals surface area contributed by atoms with E-state index < -0.39 is 18.0 Å². The number of carbonyl (C=O) groups excluding carboxylic acids is 1. The van der Waals surface area contributed by atoms with Crippen molar-refractivity contribution in [2.75, 3.05) is 32.1 Å². The van der Waals surface area contributed by atoms with Crippen LogP contribution in [0.4, 0.5) is 10.1 Å². The quantitative estimate of drug-likeness (QED) is 0.191. The molecule has 0 spiro atoms. The van der Waals surface area contributed by atoms with Crippen molar-refractivity contribution < 1.29 is 18.7 Å². The topological polar surface area (TPSA) is 146 Å². The fourth-order valence-electron chi connectivity index (χ4n) is 3.82. The molecule has 1 aliphatic heterocycles. The van der Waals surface area contributed by atoms with Gasteiger partial charge in [0.2, 0.25) is 6.19 Å².